The third kappa shape index (κ3) is 4.38. The minimum Gasteiger partial charge on any atom is -0.493 e. The van der Waals surface area contributed by atoms with E-state index in [0.717, 1.165) is 5.56 Å². The van der Waals surface area contributed by atoms with Crippen LogP contribution < -0.4 is 24.5 Å². The van der Waals surface area contributed by atoms with Gasteiger partial charge < -0.3 is 29.0 Å². The number of aromatic carboxylic acids is 1. The van der Waals surface area contributed by atoms with Crippen molar-refractivity contribution < 1.29 is 28.8 Å². The summed E-state index contributed by atoms with van der Waals surface area (Å²) in [5, 5.41) is 8.99. The van der Waals surface area contributed by atoms with Crippen LogP contribution in [0, 0.1) is 0 Å². The molecular formula is C22H21NO7. The molecule has 8 heteroatoms. The lowest BCUT2D eigenvalue weighted by atomic mass is 10.1. The van der Waals surface area contributed by atoms with E-state index < -0.39 is 11.5 Å². The van der Waals surface area contributed by atoms with Crippen LogP contribution in [0.25, 0.3) is 11.3 Å². The number of carboxylic acid groups (broad SMARTS) is 1. The summed E-state index contributed by atoms with van der Waals surface area (Å²) in [4.78, 5) is 25.5. The normalized spacial score (nSPS) is 10.4. The predicted molar refractivity (Wildman–Crippen MR) is 110 cm³/mol. The molecule has 1 aromatic heterocycles. The van der Waals surface area contributed by atoms with Gasteiger partial charge in [-0.1, -0.05) is 6.07 Å². The van der Waals surface area contributed by atoms with Crippen molar-refractivity contribution in [1.29, 1.82) is 0 Å². The number of benzene rings is 2. The highest BCUT2D eigenvalue weighted by molar-refractivity contribution is 5.87. The molecule has 0 aliphatic carbocycles. The van der Waals surface area contributed by atoms with Gasteiger partial charge in [-0.3, -0.25) is 4.79 Å². The summed E-state index contributed by atoms with van der Waals surface area (Å²) in [5.41, 5.74) is 1.01. The molecule has 0 spiro atoms. The number of rotatable bonds is 8. The molecule has 0 radical (unpaired) electrons. The summed E-state index contributed by atoms with van der Waals surface area (Å²) >= 11 is 0. The number of hydrogen-bond donors (Lipinski definition) is 2. The Labute approximate surface area is 172 Å². The van der Waals surface area contributed by atoms with Gasteiger partial charge in [-0.15, -0.1) is 0 Å². The standard InChI is InChI=1S/C22H21NO7/c1-27-17-8-4-13(10-19(17)28-2)12-30-18-9-5-14(11-20(18)29-3)16-7-6-15(22(25)26)21(24)23-16/h4-11H,12H2,1-3H3,(H,23,24)(H,25,26). The van der Waals surface area contributed by atoms with Crippen molar-refractivity contribution >= 4 is 5.97 Å². The van der Waals surface area contributed by atoms with E-state index in [4.69, 9.17) is 24.1 Å². The van der Waals surface area contributed by atoms with Crippen LogP contribution in [0.2, 0.25) is 0 Å². The molecular weight excluding hydrogens is 390 g/mol. The molecule has 0 saturated carbocycles. The fraction of sp³-hybridized carbons (Fsp3) is 0.182. The highest BCUT2D eigenvalue weighted by Gasteiger charge is 2.12. The van der Waals surface area contributed by atoms with Crippen LogP contribution in [0.3, 0.4) is 0 Å². The third-order valence-corrected chi connectivity index (χ3v) is 4.46. The zero-order valence-electron chi connectivity index (χ0n) is 16.7. The van der Waals surface area contributed by atoms with Crippen molar-refractivity contribution in [2.45, 2.75) is 6.61 Å². The number of carbonyl (C=O) groups is 1. The molecule has 0 unspecified atom stereocenters. The summed E-state index contributed by atoms with van der Waals surface area (Å²) < 4.78 is 21.8. The first-order chi connectivity index (χ1) is 14.5. The molecule has 0 saturated heterocycles. The first-order valence-electron chi connectivity index (χ1n) is 8.95. The molecule has 0 aliphatic heterocycles. The van der Waals surface area contributed by atoms with Crippen LogP contribution in [0.15, 0.2) is 53.3 Å². The molecule has 156 valence electrons. The average molecular weight is 411 g/mol. The van der Waals surface area contributed by atoms with Crippen molar-refractivity contribution in [3.05, 3.63) is 70.0 Å². The molecule has 0 amide bonds. The Kier molecular flexibility index (Phi) is 6.26. The highest BCUT2D eigenvalue weighted by Crippen LogP contribution is 2.33. The number of ether oxygens (including phenoxy) is 4. The lowest BCUT2D eigenvalue weighted by Gasteiger charge is -2.14. The summed E-state index contributed by atoms with van der Waals surface area (Å²) in [6.45, 7) is 0.278. The van der Waals surface area contributed by atoms with Gasteiger partial charge in [0.05, 0.1) is 21.3 Å². The largest absolute Gasteiger partial charge is 0.493 e. The number of H-pyrrole nitrogens is 1. The van der Waals surface area contributed by atoms with Crippen LogP contribution >= 0.6 is 0 Å². The van der Waals surface area contributed by atoms with Gasteiger partial charge in [0.15, 0.2) is 23.0 Å². The number of aromatic nitrogens is 1. The van der Waals surface area contributed by atoms with E-state index >= 15 is 0 Å². The zero-order chi connectivity index (χ0) is 21.7. The Morgan fingerprint density at radius 2 is 1.53 bits per heavy atom. The quantitative estimate of drug-likeness (QED) is 0.585. The van der Waals surface area contributed by atoms with Gasteiger partial charge in [-0.2, -0.15) is 0 Å². The van der Waals surface area contributed by atoms with E-state index in [1.165, 1.54) is 19.2 Å². The van der Waals surface area contributed by atoms with E-state index in [0.29, 0.717) is 34.3 Å². The lowest BCUT2D eigenvalue weighted by molar-refractivity contribution is 0.0695. The molecule has 0 fully saturated rings. The van der Waals surface area contributed by atoms with Crippen LogP contribution in [0.1, 0.15) is 15.9 Å². The number of hydrogen-bond acceptors (Lipinski definition) is 6. The topological polar surface area (TPSA) is 107 Å². The fourth-order valence-corrected chi connectivity index (χ4v) is 2.90. The van der Waals surface area contributed by atoms with Crippen molar-refractivity contribution in [3.63, 3.8) is 0 Å². The minimum atomic E-state index is -1.28. The maximum Gasteiger partial charge on any atom is 0.341 e. The molecule has 0 atom stereocenters. The van der Waals surface area contributed by atoms with Crippen LogP contribution in [0.4, 0.5) is 0 Å². The van der Waals surface area contributed by atoms with Gasteiger partial charge in [0.2, 0.25) is 0 Å². The van der Waals surface area contributed by atoms with Gasteiger partial charge in [0.25, 0.3) is 5.56 Å². The Morgan fingerprint density at radius 1 is 0.867 bits per heavy atom. The fourth-order valence-electron chi connectivity index (χ4n) is 2.90. The lowest BCUT2D eigenvalue weighted by Crippen LogP contribution is -2.17. The molecule has 30 heavy (non-hydrogen) atoms. The van der Waals surface area contributed by atoms with Crippen molar-refractivity contribution in [2.75, 3.05) is 21.3 Å². The summed E-state index contributed by atoms with van der Waals surface area (Å²) in [6.07, 6.45) is 0. The average Bonchev–Trinajstić information content (AvgIpc) is 2.76. The SMILES string of the molecule is COc1ccc(COc2ccc(-c3ccc(C(=O)O)c(=O)[nH]3)cc2OC)cc1OC. The first kappa shape index (κ1) is 20.8. The van der Waals surface area contributed by atoms with Gasteiger partial charge in [-0.05, 0) is 48.0 Å². The Bertz CT molecular complexity index is 1120. The number of nitrogens with one attached hydrogen (secondary N) is 1. The van der Waals surface area contributed by atoms with E-state index in [9.17, 15) is 9.59 Å². The molecule has 8 nitrogen and oxygen atoms in total. The maximum absolute atomic E-state index is 11.9. The second-order valence-electron chi connectivity index (χ2n) is 6.26. The van der Waals surface area contributed by atoms with Crippen molar-refractivity contribution in [3.8, 4) is 34.3 Å². The summed E-state index contributed by atoms with van der Waals surface area (Å²) in [5.74, 6) is 0.941. The monoisotopic (exact) mass is 411 g/mol. The predicted octanol–water partition coefficient (Wildman–Crippen LogP) is 3.34. The Hall–Kier alpha value is -3.94. The molecule has 0 bridgehead atoms. The number of aromatic amines is 1. The number of pyridine rings is 1. The number of methoxy groups -OCH3 is 3. The summed E-state index contributed by atoms with van der Waals surface area (Å²) in [6, 6.07) is 13.5. The third-order valence-electron chi connectivity index (χ3n) is 4.46. The van der Waals surface area contributed by atoms with E-state index in [-0.39, 0.29) is 12.2 Å². The molecule has 2 N–H and O–H groups in total. The van der Waals surface area contributed by atoms with Gasteiger partial charge in [0, 0.05) is 11.3 Å². The van der Waals surface area contributed by atoms with Crippen LogP contribution in [-0.4, -0.2) is 37.4 Å². The second kappa shape index (κ2) is 9.04. The van der Waals surface area contributed by atoms with Crippen molar-refractivity contribution in [1.82, 2.24) is 4.98 Å². The first-order valence-corrected chi connectivity index (χ1v) is 8.95. The van der Waals surface area contributed by atoms with E-state index in [1.54, 1.807) is 38.5 Å². The second-order valence-corrected chi connectivity index (χ2v) is 6.26. The van der Waals surface area contributed by atoms with Crippen LogP contribution in [0.5, 0.6) is 23.0 Å². The smallest absolute Gasteiger partial charge is 0.341 e. The highest BCUT2D eigenvalue weighted by atomic mass is 16.5. The van der Waals surface area contributed by atoms with Crippen LogP contribution in [-0.2, 0) is 6.61 Å². The maximum atomic E-state index is 11.9. The summed E-state index contributed by atoms with van der Waals surface area (Å²) in [7, 11) is 4.65. The Balaban J connectivity index is 1.82. The Morgan fingerprint density at radius 3 is 2.17 bits per heavy atom. The van der Waals surface area contributed by atoms with Gasteiger partial charge in [0.1, 0.15) is 12.2 Å². The molecule has 1 heterocycles. The zero-order valence-corrected chi connectivity index (χ0v) is 16.7. The number of carboxylic acids is 1. The van der Waals surface area contributed by atoms with Gasteiger partial charge >= 0.3 is 5.97 Å². The van der Waals surface area contributed by atoms with E-state index in [1.807, 2.05) is 12.1 Å². The minimum absolute atomic E-state index is 0.278. The van der Waals surface area contributed by atoms with Crippen molar-refractivity contribution in [2.24, 2.45) is 0 Å². The molecule has 3 rings (SSSR count). The molecule has 2 aromatic carbocycles. The van der Waals surface area contributed by atoms with Gasteiger partial charge in [-0.25, -0.2) is 4.79 Å². The van der Waals surface area contributed by atoms with E-state index in [2.05, 4.69) is 4.98 Å². The molecule has 3 aromatic rings. The molecule has 0 aliphatic rings.